The third-order valence-electron chi connectivity index (χ3n) is 1.45. The Morgan fingerprint density at radius 2 is 1.93 bits per heavy atom. The molecule has 1 amide bonds. The number of nitrogens with one attached hydrogen (secondary N) is 1. The van der Waals surface area contributed by atoms with Gasteiger partial charge >= 0.3 is 6.18 Å². The van der Waals surface area contributed by atoms with Crippen molar-refractivity contribution >= 4 is 28.0 Å². The quantitative estimate of drug-likeness (QED) is 0.820. The second-order valence-electron chi connectivity index (χ2n) is 2.49. The largest absolute Gasteiger partial charge is 0.416 e. The van der Waals surface area contributed by atoms with Crippen molar-refractivity contribution in [2.24, 2.45) is 0 Å². The van der Waals surface area contributed by atoms with Gasteiger partial charge in [-0.2, -0.15) is 13.2 Å². The summed E-state index contributed by atoms with van der Waals surface area (Å²) in [5.41, 5.74) is -0.710. The number of carbonyl (C=O) groups excluding carboxylic acids is 1. The van der Waals surface area contributed by atoms with Crippen LogP contribution >= 0.6 is 15.9 Å². The Hall–Kier alpha value is -1.04. The van der Waals surface area contributed by atoms with Crippen molar-refractivity contribution in [2.45, 2.75) is 6.18 Å². The van der Waals surface area contributed by atoms with Gasteiger partial charge in [-0.05, 0) is 18.2 Å². The minimum Gasteiger partial charge on any atom is -0.329 e. The highest BCUT2D eigenvalue weighted by atomic mass is 79.9. The van der Waals surface area contributed by atoms with Crippen molar-refractivity contribution in [2.75, 3.05) is 5.32 Å². The molecule has 0 radical (unpaired) electrons. The van der Waals surface area contributed by atoms with Crippen LogP contribution in [0, 0.1) is 0 Å². The SMILES string of the molecule is O=CNc1cc(Br)cc(C(F)(F)F)c1. The van der Waals surface area contributed by atoms with Crippen LogP contribution in [0.3, 0.4) is 0 Å². The maximum absolute atomic E-state index is 12.3. The molecule has 76 valence electrons. The molecule has 0 aliphatic heterocycles. The van der Waals surface area contributed by atoms with E-state index < -0.39 is 11.7 Å². The average Bonchev–Trinajstić information content (AvgIpc) is 2.02. The van der Waals surface area contributed by atoms with Crippen LogP contribution in [0.1, 0.15) is 5.56 Å². The van der Waals surface area contributed by atoms with Gasteiger partial charge in [-0.25, -0.2) is 0 Å². The van der Waals surface area contributed by atoms with E-state index in [0.717, 1.165) is 12.1 Å². The van der Waals surface area contributed by atoms with Gasteiger partial charge in [-0.15, -0.1) is 0 Å². The van der Waals surface area contributed by atoms with Gasteiger partial charge in [0.05, 0.1) is 5.56 Å². The molecule has 0 aromatic heterocycles. The molecule has 0 aliphatic carbocycles. The minimum atomic E-state index is -4.41. The van der Waals surface area contributed by atoms with Gasteiger partial charge in [0.25, 0.3) is 0 Å². The number of amides is 1. The van der Waals surface area contributed by atoms with E-state index in [2.05, 4.69) is 21.2 Å². The van der Waals surface area contributed by atoms with E-state index in [1.807, 2.05) is 0 Å². The van der Waals surface area contributed by atoms with E-state index in [0.29, 0.717) is 6.41 Å². The van der Waals surface area contributed by atoms with Crippen molar-refractivity contribution in [3.8, 4) is 0 Å². The fourth-order valence-corrected chi connectivity index (χ4v) is 1.40. The highest BCUT2D eigenvalue weighted by Crippen LogP contribution is 2.33. The first kappa shape index (κ1) is 11.0. The molecule has 0 atom stereocenters. The van der Waals surface area contributed by atoms with E-state index in [1.165, 1.54) is 6.07 Å². The van der Waals surface area contributed by atoms with Gasteiger partial charge < -0.3 is 5.32 Å². The Bertz CT molecular complexity index is 351. The molecule has 0 spiro atoms. The van der Waals surface area contributed by atoms with Crippen LogP contribution in [0.5, 0.6) is 0 Å². The number of carbonyl (C=O) groups is 1. The summed E-state index contributed by atoms with van der Waals surface area (Å²) in [6.45, 7) is 0. The predicted molar refractivity (Wildman–Crippen MR) is 48.8 cm³/mol. The maximum atomic E-state index is 12.3. The molecule has 0 heterocycles. The van der Waals surface area contributed by atoms with Gasteiger partial charge in [0.15, 0.2) is 0 Å². The van der Waals surface area contributed by atoms with E-state index in [9.17, 15) is 18.0 Å². The van der Waals surface area contributed by atoms with E-state index in [1.54, 1.807) is 0 Å². The number of hydrogen-bond donors (Lipinski definition) is 1. The summed E-state index contributed by atoms with van der Waals surface area (Å²) < 4.78 is 37.0. The Morgan fingerprint density at radius 3 is 2.43 bits per heavy atom. The fraction of sp³-hybridized carbons (Fsp3) is 0.125. The van der Waals surface area contributed by atoms with Gasteiger partial charge in [0.1, 0.15) is 0 Å². The molecule has 0 saturated carbocycles. The first-order chi connectivity index (χ1) is 6.43. The summed E-state index contributed by atoms with van der Waals surface area (Å²) in [6, 6.07) is 3.18. The van der Waals surface area contributed by atoms with Crippen LogP contribution in [0.2, 0.25) is 0 Å². The van der Waals surface area contributed by atoms with Crippen LogP contribution in [-0.2, 0) is 11.0 Å². The van der Waals surface area contributed by atoms with Crippen molar-refractivity contribution < 1.29 is 18.0 Å². The molecule has 2 nitrogen and oxygen atoms in total. The summed E-state index contributed by atoms with van der Waals surface area (Å²) in [4.78, 5) is 10.0. The second kappa shape index (κ2) is 4.00. The maximum Gasteiger partial charge on any atom is 0.416 e. The lowest BCUT2D eigenvalue weighted by Crippen LogP contribution is -2.06. The first-order valence-corrected chi connectivity index (χ1v) is 4.31. The predicted octanol–water partition coefficient (Wildman–Crippen LogP) is 3.04. The molecule has 0 aliphatic rings. The van der Waals surface area contributed by atoms with Crippen molar-refractivity contribution in [1.29, 1.82) is 0 Å². The van der Waals surface area contributed by atoms with E-state index in [4.69, 9.17) is 0 Å². The lowest BCUT2D eigenvalue weighted by atomic mass is 10.2. The van der Waals surface area contributed by atoms with Crippen LogP contribution < -0.4 is 5.32 Å². The zero-order valence-corrected chi connectivity index (χ0v) is 8.32. The lowest BCUT2D eigenvalue weighted by Gasteiger charge is -2.08. The van der Waals surface area contributed by atoms with Crippen molar-refractivity contribution in [1.82, 2.24) is 0 Å². The van der Waals surface area contributed by atoms with Crippen molar-refractivity contribution in [3.05, 3.63) is 28.2 Å². The number of anilines is 1. The summed E-state index contributed by atoms with van der Waals surface area (Å²) in [5.74, 6) is 0. The number of halogens is 4. The Balaban J connectivity index is 3.13. The van der Waals surface area contributed by atoms with Crippen LogP contribution in [0.4, 0.5) is 18.9 Å². The third kappa shape index (κ3) is 2.73. The monoisotopic (exact) mass is 267 g/mol. The molecule has 0 saturated heterocycles. The molecule has 0 unspecified atom stereocenters. The molecule has 6 heteroatoms. The first-order valence-electron chi connectivity index (χ1n) is 3.51. The molecule has 0 fully saturated rings. The second-order valence-corrected chi connectivity index (χ2v) is 3.40. The average molecular weight is 268 g/mol. The molecule has 1 aromatic carbocycles. The summed E-state index contributed by atoms with van der Waals surface area (Å²) in [7, 11) is 0. The third-order valence-corrected chi connectivity index (χ3v) is 1.91. The Morgan fingerprint density at radius 1 is 1.29 bits per heavy atom. The standard InChI is InChI=1S/C8H5BrF3NO/c9-6-1-5(8(10,11)12)2-7(3-6)13-4-14/h1-4H,(H,13,14). The molecular weight excluding hydrogens is 263 g/mol. The van der Waals surface area contributed by atoms with Crippen LogP contribution in [-0.4, -0.2) is 6.41 Å². The lowest BCUT2D eigenvalue weighted by molar-refractivity contribution is -0.137. The Kier molecular flexibility index (Phi) is 3.15. The molecule has 14 heavy (non-hydrogen) atoms. The van der Waals surface area contributed by atoms with Gasteiger partial charge in [-0.3, -0.25) is 4.79 Å². The topological polar surface area (TPSA) is 29.1 Å². The zero-order chi connectivity index (χ0) is 10.8. The molecule has 0 bridgehead atoms. The highest BCUT2D eigenvalue weighted by Gasteiger charge is 2.30. The van der Waals surface area contributed by atoms with Crippen LogP contribution in [0.15, 0.2) is 22.7 Å². The van der Waals surface area contributed by atoms with E-state index in [-0.39, 0.29) is 10.2 Å². The number of alkyl halides is 3. The van der Waals surface area contributed by atoms with Gasteiger partial charge in [0.2, 0.25) is 6.41 Å². The highest BCUT2D eigenvalue weighted by molar-refractivity contribution is 9.10. The molecular formula is C8H5BrF3NO. The fourth-order valence-electron chi connectivity index (χ4n) is 0.905. The molecule has 1 N–H and O–H groups in total. The molecule has 1 aromatic rings. The normalized spacial score (nSPS) is 11.1. The summed E-state index contributed by atoms with van der Waals surface area (Å²) in [5, 5.41) is 2.15. The smallest absolute Gasteiger partial charge is 0.329 e. The number of benzene rings is 1. The van der Waals surface area contributed by atoms with Crippen molar-refractivity contribution in [3.63, 3.8) is 0 Å². The van der Waals surface area contributed by atoms with Gasteiger partial charge in [-0.1, -0.05) is 15.9 Å². The van der Waals surface area contributed by atoms with Gasteiger partial charge in [0, 0.05) is 10.2 Å². The van der Waals surface area contributed by atoms with E-state index >= 15 is 0 Å². The zero-order valence-electron chi connectivity index (χ0n) is 6.73. The summed E-state index contributed by atoms with van der Waals surface area (Å²) >= 11 is 2.92. The number of rotatable bonds is 2. The number of hydrogen-bond acceptors (Lipinski definition) is 1. The Labute approximate surface area is 86.2 Å². The van der Waals surface area contributed by atoms with Crippen LogP contribution in [0.25, 0.3) is 0 Å². The molecule has 1 rings (SSSR count). The minimum absolute atomic E-state index is 0.0988. The summed E-state index contributed by atoms with van der Waals surface area (Å²) in [6.07, 6.45) is -4.09.